The number of piperidine rings is 1. The maximum Gasteiger partial charge on any atom is 0.259 e. The summed E-state index contributed by atoms with van der Waals surface area (Å²) in [6.07, 6.45) is 2.25. The maximum absolute atomic E-state index is 13.1. The predicted molar refractivity (Wildman–Crippen MR) is 101 cm³/mol. The lowest BCUT2D eigenvalue weighted by atomic mass is 9.92. The summed E-state index contributed by atoms with van der Waals surface area (Å²) in [7, 11) is 0. The van der Waals surface area contributed by atoms with Crippen LogP contribution in [0, 0.1) is 12.8 Å². The number of nitrogens with zero attached hydrogens (tertiary/aromatic N) is 2. The Hall–Kier alpha value is -2.07. The first-order valence-corrected chi connectivity index (χ1v) is 9.25. The SMILES string of the molecule is CCn1c(C)cc(O)c([C@@H](c2ccccc2)N2CCC(C)CC2)c1=O. The molecule has 134 valence electrons. The largest absolute Gasteiger partial charge is 0.507 e. The Bertz CT molecular complexity index is 774. The van der Waals surface area contributed by atoms with Crippen molar-refractivity contribution >= 4 is 0 Å². The first-order valence-electron chi connectivity index (χ1n) is 9.25. The number of hydrogen-bond donors (Lipinski definition) is 1. The predicted octanol–water partition coefficient (Wildman–Crippen LogP) is 3.70. The van der Waals surface area contributed by atoms with E-state index in [4.69, 9.17) is 0 Å². The minimum atomic E-state index is -0.195. The van der Waals surface area contributed by atoms with Gasteiger partial charge in [0.15, 0.2) is 0 Å². The van der Waals surface area contributed by atoms with Crippen molar-refractivity contribution in [3.63, 3.8) is 0 Å². The molecule has 2 aromatic rings. The van der Waals surface area contributed by atoms with Crippen molar-refractivity contribution in [2.24, 2.45) is 5.92 Å². The molecule has 1 aliphatic rings. The van der Waals surface area contributed by atoms with Crippen LogP contribution in [0.5, 0.6) is 5.75 Å². The third-order valence-electron chi connectivity index (χ3n) is 5.41. The van der Waals surface area contributed by atoms with E-state index in [1.807, 2.05) is 32.0 Å². The monoisotopic (exact) mass is 340 g/mol. The smallest absolute Gasteiger partial charge is 0.259 e. The maximum atomic E-state index is 13.1. The van der Waals surface area contributed by atoms with E-state index in [1.54, 1.807) is 10.6 Å². The zero-order valence-electron chi connectivity index (χ0n) is 15.4. The van der Waals surface area contributed by atoms with Crippen LogP contribution < -0.4 is 5.56 Å². The molecule has 1 fully saturated rings. The van der Waals surface area contributed by atoms with E-state index in [-0.39, 0.29) is 17.4 Å². The minimum Gasteiger partial charge on any atom is -0.507 e. The van der Waals surface area contributed by atoms with Gasteiger partial charge in [0.1, 0.15) is 5.75 Å². The van der Waals surface area contributed by atoms with E-state index < -0.39 is 0 Å². The van der Waals surface area contributed by atoms with Crippen LogP contribution in [0.1, 0.15) is 49.6 Å². The van der Waals surface area contributed by atoms with Crippen LogP contribution in [0.4, 0.5) is 0 Å². The van der Waals surface area contributed by atoms with Gasteiger partial charge < -0.3 is 9.67 Å². The van der Waals surface area contributed by atoms with Crippen LogP contribution in [0.25, 0.3) is 0 Å². The number of pyridine rings is 1. The Morgan fingerprint density at radius 1 is 1.20 bits per heavy atom. The zero-order valence-corrected chi connectivity index (χ0v) is 15.4. The number of likely N-dealkylation sites (tertiary alicyclic amines) is 1. The Labute approximate surface area is 149 Å². The molecule has 0 saturated carbocycles. The van der Waals surface area contributed by atoms with Gasteiger partial charge in [-0.25, -0.2) is 0 Å². The summed E-state index contributed by atoms with van der Waals surface area (Å²) in [4.78, 5) is 15.5. The highest BCUT2D eigenvalue weighted by Gasteiger charge is 2.30. The molecule has 3 rings (SSSR count). The number of hydrogen-bond acceptors (Lipinski definition) is 3. The molecule has 2 heterocycles. The van der Waals surface area contributed by atoms with E-state index >= 15 is 0 Å². The van der Waals surface area contributed by atoms with Gasteiger partial charge in [-0.15, -0.1) is 0 Å². The molecule has 0 radical (unpaired) electrons. The molecule has 1 aliphatic heterocycles. The molecule has 1 aromatic heterocycles. The van der Waals surface area contributed by atoms with Gasteiger partial charge in [-0.2, -0.15) is 0 Å². The summed E-state index contributed by atoms with van der Waals surface area (Å²) in [5, 5.41) is 10.7. The molecule has 0 spiro atoms. The molecule has 1 aromatic carbocycles. The average molecular weight is 340 g/mol. The van der Waals surface area contributed by atoms with E-state index in [0.29, 0.717) is 18.0 Å². The average Bonchev–Trinajstić information content (AvgIpc) is 2.60. The van der Waals surface area contributed by atoms with Gasteiger partial charge in [-0.1, -0.05) is 37.3 Å². The second-order valence-corrected chi connectivity index (χ2v) is 7.17. The van der Waals surface area contributed by atoms with Gasteiger partial charge >= 0.3 is 0 Å². The molecule has 1 atom stereocenters. The highest BCUT2D eigenvalue weighted by atomic mass is 16.3. The summed E-state index contributed by atoms with van der Waals surface area (Å²) < 4.78 is 1.75. The highest BCUT2D eigenvalue weighted by molar-refractivity contribution is 5.41. The molecule has 25 heavy (non-hydrogen) atoms. The Kier molecular flexibility index (Phi) is 5.28. The Morgan fingerprint density at radius 3 is 2.44 bits per heavy atom. The Morgan fingerprint density at radius 2 is 1.84 bits per heavy atom. The number of aryl methyl sites for hydroxylation is 1. The fourth-order valence-electron chi connectivity index (χ4n) is 3.90. The van der Waals surface area contributed by atoms with Gasteiger partial charge in [0.05, 0.1) is 11.6 Å². The van der Waals surface area contributed by atoms with Crippen molar-refractivity contribution < 1.29 is 5.11 Å². The summed E-state index contributed by atoms with van der Waals surface area (Å²) in [6, 6.07) is 11.6. The molecule has 0 unspecified atom stereocenters. The van der Waals surface area contributed by atoms with E-state index in [9.17, 15) is 9.90 Å². The van der Waals surface area contributed by atoms with E-state index in [0.717, 1.165) is 37.2 Å². The summed E-state index contributed by atoms with van der Waals surface area (Å²) in [6.45, 7) is 8.61. The molecule has 0 amide bonds. The first kappa shape index (κ1) is 17.7. The van der Waals surface area contributed by atoms with Crippen molar-refractivity contribution in [1.29, 1.82) is 0 Å². The molecule has 4 heteroatoms. The molecule has 0 aliphatic carbocycles. The van der Waals surface area contributed by atoms with Gasteiger partial charge in [-0.05, 0) is 57.3 Å². The van der Waals surface area contributed by atoms with E-state index in [2.05, 4.69) is 24.0 Å². The van der Waals surface area contributed by atoms with Gasteiger partial charge in [0.2, 0.25) is 0 Å². The first-order chi connectivity index (χ1) is 12.0. The molecule has 4 nitrogen and oxygen atoms in total. The van der Waals surface area contributed by atoms with Crippen molar-refractivity contribution in [2.45, 2.75) is 46.2 Å². The zero-order chi connectivity index (χ0) is 18.0. The standard InChI is InChI=1S/C21H28N2O2/c1-4-23-16(3)14-18(24)19(21(23)25)20(17-8-6-5-7-9-17)22-12-10-15(2)11-13-22/h5-9,14-15,20,24H,4,10-13H2,1-3H3/t20-/m1/s1. The van der Waals surface area contributed by atoms with Crippen LogP contribution >= 0.6 is 0 Å². The van der Waals surface area contributed by atoms with Crippen LogP contribution in [-0.4, -0.2) is 27.7 Å². The molecule has 1 saturated heterocycles. The van der Waals surface area contributed by atoms with Crippen LogP contribution in [0.2, 0.25) is 0 Å². The number of aromatic nitrogens is 1. The fraction of sp³-hybridized carbons (Fsp3) is 0.476. The third-order valence-corrected chi connectivity index (χ3v) is 5.41. The minimum absolute atomic E-state index is 0.0764. The van der Waals surface area contributed by atoms with Gasteiger partial charge in [0, 0.05) is 12.2 Å². The van der Waals surface area contributed by atoms with E-state index in [1.165, 1.54) is 0 Å². The van der Waals surface area contributed by atoms with Crippen LogP contribution in [0.15, 0.2) is 41.2 Å². The van der Waals surface area contributed by atoms with Crippen molar-refractivity contribution in [3.05, 3.63) is 63.6 Å². The summed E-state index contributed by atoms with van der Waals surface area (Å²) in [5.41, 5.74) is 2.30. The second-order valence-electron chi connectivity index (χ2n) is 7.17. The highest BCUT2D eigenvalue weighted by Crippen LogP contribution is 2.35. The fourth-order valence-corrected chi connectivity index (χ4v) is 3.90. The van der Waals surface area contributed by atoms with Crippen LogP contribution in [0.3, 0.4) is 0 Å². The van der Waals surface area contributed by atoms with Crippen molar-refractivity contribution in [3.8, 4) is 5.75 Å². The lowest BCUT2D eigenvalue weighted by Gasteiger charge is -2.37. The van der Waals surface area contributed by atoms with Gasteiger partial charge in [-0.3, -0.25) is 9.69 Å². The van der Waals surface area contributed by atoms with Crippen molar-refractivity contribution in [2.75, 3.05) is 13.1 Å². The number of rotatable bonds is 4. The Balaban J connectivity index is 2.14. The molecular formula is C21H28N2O2. The van der Waals surface area contributed by atoms with Gasteiger partial charge in [0.25, 0.3) is 5.56 Å². The quantitative estimate of drug-likeness (QED) is 0.923. The number of aromatic hydroxyl groups is 1. The second kappa shape index (κ2) is 7.44. The number of benzene rings is 1. The molecule has 1 N–H and O–H groups in total. The topological polar surface area (TPSA) is 45.5 Å². The summed E-state index contributed by atoms with van der Waals surface area (Å²) in [5.74, 6) is 0.825. The van der Waals surface area contributed by atoms with Crippen molar-refractivity contribution in [1.82, 2.24) is 9.47 Å². The normalized spacial score (nSPS) is 17.6. The third kappa shape index (κ3) is 3.49. The lowest BCUT2D eigenvalue weighted by molar-refractivity contribution is 0.154. The lowest BCUT2D eigenvalue weighted by Crippen LogP contribution is -2.40. The summed E-state index contributed by atoms with van der Waals surface area (Å²) >= 11 is 0. The molecule has 0 bridgehead atoms. The molecular weight excluding hydrogens is 312 g/mol. The van der Waals surface area contributed by atoms with Crippen LogP contribution in [-0.2, 0) is 6.54 Å².